The third-order valence-electron chi connectivity index (χ3n) is 1.48. The van der Waals surface area contributed by atoms with Gasteiger partial charge in [-0.15, -0.1) is 0 Å². The predicted molar refractivity (Wildman–Crippen MR) is 59.0 cm³/mol. The van der Waals surface area contributed by atoms with Gasteiger partial charge >= 0.3 is 5.97 Å². The lowest BCUT2D eigenvalue weighted by atomic mass is 10.1. The highest BCUT2D eigenvalue weighted by molar-refractivity contribution is 14.1. The highest BCUT2D eigenvalue weighted by Crippen LogP contribution is 2.13. The summed E-state index contributed by atoms with van der Waals surface area (Å²) >= 11 is 2.19. The van der Waals surface area contributed by atoms with Crippen molar-refractivity contribution in [3.63, 3.8) is 0 Å². The van der Waals surface area contributed by atoms with E-state index in [0.29, 0.717) is 19.4 Å². The minimum absolute atomic E-state index is 0.170. The van der Waals surface area contributed by atoms with Crippen molar-refractivity contribution in [2.24, 2.45) is 0 Å². The van der Waals surface area contributed by atoms with Crippen LogP contribution in [-0.4, -0.2) is 22.3 Å². The molecule has 0 aromatic heterocycles. The average Bonchev–Trinajstić information content (AvgIpc) is 2.00. The summed E-state index contributed by atoms with van der Waals surface area (Å²) in [5.41, 5.74) is 0. The lowest BCUT2D eigenvalue weighted by Gasteiger charge is -2.06. The molecule has 13 heavy (non-hydrogen) atoms. The topological polar surface area (TPSA) is 43.4 Å². The summed E-state index contributed by atoms with van der Waals surface area (Å²) < 4.78 is 5.02. The number of ketones is 1. The van der Waals surface area contributed by atoms with E-state index in [1.54, 1.807) is 13.8 Å². The van der Waals surface area contributed by atoms with E-state index in [2.05, 4.69) is 22.6 Å². The lowest BCUT2D eigenvalue weighted by Crippen LogP contribution is -2.09. The fourth-order valence-corrected chi connectivity index (χ4v) is 1.85. The number of esters is 1. The SMILES string of the molecule is CCOC(=O)CCC(I)CC(C)=O. The van der Waals surface area contributed by atoms with Gasteiger partial charge in [0, 0.05) is 16.8 Å². The number of carbonyl (C=O) groups is 2. The lowest BCUT2D eigenvalue weighted by molar-refractivity contribution is -0.143. The second-order valence-corrected chi connectivity index (χ2v) is 4.61. The normalized spacial score (nSPS) is 12.2. The molecule has 0 aliphatic rings. The van der Waals surface area contributed by atoms with Gasteiger partial charge in [-0.1, -0.05) is 22.6 Å². The summed E-state index contributed by atoms with van der Waals surface area (Å²) in [6, 6.07) is 0. The zero-order valence-corrected chi connectivity index (χ0v) is 10.2. The molecule has 0 spiro atoms. The van der Waals surface area contributed by atoms with Gasteiger partial charge < -0.3 is 4.74 Å². The summed E-state index contributed by atoms with van der Waals surface area (Å²) in [4.78, 5) is 21.6. The van der Waals surface area contributed by atoms with Crippen molar-refractivity contribution in [2.45, 2.75) is 37.0 Å². The van der Waals surface area contributed by atoms with Crippen molar-refractivity contribution in [3.05, 3.63) is 0 Å². The Labute approximate surface area is 92.4 Å². The molecule has 0 rings (SSSR count). The largest absolute Gasteiger partial charge is 0.466 e. The Morgan fingerprint density at radius 2 is 2.08 bits per heavy atom. The smallest absolute Gasteiger partial charge is 0.305 e. The van der Waals surface area contributed by atoms with Gasteiger partial charge in [-0.25, -0.2) is 0 Å². The van der Waals surface area contributed by atoms with Crippen LogP contribution in [0.25, 0.3) is 0 Å². The Morgan fingerprint density at radius 3 is 2.54 bits per heavy atom. The Kier molecular flexibility index (Phi) is 7.22. The number of Topliss-reactive ketones (excluding diaryl/α,β-unsaturated/α-hetero) is 1. The number of rotatable bonds is 6. The van der Waals surface area contributed by atoms with E-state index in [1.165, 1.54) is 0 Å². The number of carbonyl (C=O) groups excluding carboxylic acids is 2. The Balaban J connectivity index is 3.51. The van der Waals surface area contributed by atoms with Gasteiger partial charge in [0.25, 0.3) is 0 Å². The van der Waals surface area contributed by atoms with Gasteiger partial charge in [-0.2, -0.15) is 0 Å². The first kappa shape index (κ1) is 12.9. The zero-order valence-electron chi connectivity index (χ0n) is 8.01. The van der Waals surface area contributed by atoms with Crippen LogP contribution in [0.5, 0.6) is 0 Å². The summed E-state index contributed by atoms with van der Waals surface area (Å²) in [7, 11) is 0. The predicted octanol–water partition coefficient (Wildman–Crippen LogP) is 2.11. The molecule has 0 saturated carbocycles. The molecule has 0 heterocycles. The van der Waals surface area contributed by atoms with Crippen LogP contribution in [-0.2, 0) is 14.3 Å². The van der Waals surface area contributed by atoms with E-state index in [9.17, 15) is 9.59 Å². The molecular formula is C9H15IO3. The molecule has 0 radical (unpaired) electrons. The van der Waals surface area contributed by atoms with Gasteiger partial charge in [0.15, 0.2) is 0 Å². The van der Waals surface area contributed by atoms with E-state index in [-0.39, 0.29) is 15.7 Å². The molecule has 3 nitrogen and oxygen atoms in total. The van der Waals surface area contributed by atoms with Crippen LogP contribution in [0.3, 0.4) is 0 Å². The number of hydrogen-bond donors (Lipinski definition) is 0. The van der Waals surface area contributed by atoms with Crippen LogP contribution in [0, 0.1) is 0 Å². The van der Waals surface area contributed by atoms with Crippen molar-refractivity contribution in [3.8, 4) is 0 Å². The van der Waals surface area contributed by atoms with E-state index in [0.717, 1.165) is 6.42 Å². The Morgan fingerprint density at radius 1 is 1.46 bits per heavy atom. The third-order valence-corrected chi connectivity index (χ3v) is 2.54. The molecule has 0 fully saturated rings. The molecule has 1 atom stereocenters. The van der Waals surface area contributed by atoms with Crippen LogP contribution < -0.4 is 0 Å². The van der Waals surface area contributed by atoms with E-state index in [1.807, 2.05) is 0 Å². The van der Waals surface area contributed by atoms with Gasteiger partial charge in [-0.3, -0.25) is 9.59 Å². The summed E-state index contributed by atoms with van der Waals surface area (Å²) in [5, 5.41) is 0. The Hall–Kier alpha value is -0.130. The van der Waals surface area contributed by atoms with Crippen molar-refractivity contribution in [1.82, 2.24) is 0 Å². The van der Waals surface area contributed by atoms with Crippen LogP contribution in [0.15, 0.2) is 0 Å². The monoisotopic (exact) mass is 298 g/mol. The highest BCUT2D eigenvalue weighted by Gasteiger charge is 2.10. The first-order valence-electron chi connectivity index (χ1n) is 4.35. The van der Waals surface area contributed by atoms with E-state index in [4.69, 9.17) is 4.74 Å². The van der Waals surface area contributed by atoms with Crippen LogP contribution >= 0.6 is 22.6 Å². The minimum Gasteiger partial charge on any atom is -0.466 e. The first-order valence-corrected chi connectivity index (χ1v) is 5.60. The average molecular weight is 298 g/mol. The maximum atomic E-state index is 10.9. The number of alkyl halides is 1. The van der Waals surface area contributed by atoms with Gasteiger partial charge in [0.1, 0.15) is 5.78 Å². The van der Waals surface area contributed by atoms with Crippen LogP contribution in [0.1, 0.15) is 33.1 Å². The molecule has 0 amide bonds. The quantitative estimate of drug-likeness (QED) is 0.428. The minimum atomic E-state index is -0.173. The van der Waals surface area contributed by atoms with Crippen LogP contribution in [0.2, 0.25) is 0 Å². The second-order valence-electron chi connectivity index (χ2n) is 2.85. The second kappa shape index (κ2) is 7.29. The van der Waals surface area contributed by atoms with Gasteiger partial charge in [0.2, 0.25) is 0 Å². The highest BCUT2D eigenvalue weighted by atomic mass is 127. The van der Waals surface area contributed by atoms with Gasteiger partial charge in [-0.05, 0) is 20.3 Å². The van der Waals surface area contributed by atoms with Crippen molar-refractivity contribution in [1.29, 1.82) is 0 Å². The molecular weight excluding hydrogens is 283 g/mol. The standard InChI is InChI=1S/C9H15IO3/c1-3-13-9(12)5-4-8(10)6-7(2)11/h8H,3-6H2,1-2H3. The summed E-state index contributed by atoms with van der Waals surface area (Å²) in [6.45, 7) is 3.78. The fraction of sp³-hybridized carbons (Fsp3) is 0.778. The summed E-state index contributed by atoms with van der Waals surface area (Å²) in [6.07, 6.45) is 1.67. The molecule has 0 aromatic rings. The number of ether oxygens (including phenoxy) is 1. The maximum Gasteiger partial charge on any atom is 0.305 e. The molecule has 0 aliphatic heterocycles. The summed E-state index contributed by atoms with van der Waals surface area (Å²) in [5.74, 6) is -0.00373. The molecule has 0 aliphatic carbocycles. The van der Waals surface area contributed by atoms with Crippen LogP contribution in [0.4, 0.5) is 0 Å². The van der Waals surface area contributed by atoms with Crippen molar-refractivity contribution < 1.29 is 14.3 Å². The molecule has 0 N–H and O–H groups in total. The molecule has 4 heteroatoms. The molecule has 0 bridgehead atoms. The Bertz CT molecular complexity index is 180. The van der Waals surface area contributed by atoms with Gasteiger partial charge in [0.05, 0.1) is 6.61 Å². The third kappa shape index (κ3) is 8.21. The van der Waals surface area contributed by atoms with E-state index < -0.39 is 0 Å². The fourth-order valence-electron chi connectivity index (χ4n) is 0.922. The molecule has 0 saturated heterocycles. The first-order chi connectivity index (χ1) is 6.06. The molecule has 76 valence electrons. The number of halogens is 1. The van der Waals surface area contributed by atoms with Crippen molar-refractivity contribution >= 4 is 34.3 Å². The maximum absolute atomic E-state index is 10.9. The molecule has 1 unspecified atom stereocenters. The molecule has 0 aromatic carbocycles. The van der Waals surface area contributed by atoms with Crippen molar-refractivity contribution in [2.75, 3.05) is 6.61 Å². The van der Waals surface area contributed by atoms with E-state index >= 15 is 0 Å². The number of hydrogen-bond acceptors (Lipinski definition) is 3. The zero-order chi connectivity index (χ0) is 10.3.